The third-order valence-corrected chi connectivity index (χ3v) is 4.60. The fourth-order valence-corrected chi connectivity index (χ4v) is 2.99. The predicted molar refractivity (Wildman–Crippen MR) is 123 cm³/mol. The Hall–Kier alpha value is -0.120. The molecule has 6 nitrogen and oxygen atoms in total. The van der Waals surface area contributed by atoms with Gasteiger partial charge in [-0.3, -0.25) is 9.89 Å². The van der Waals surface area contributed by atoms with Crippen LogP contribution in [0.3, 0.4) is 0 Å². The average Bonchev–Trinajstić information content (AvgIpc) is 2.62. The van der Waals surface area contributed by atoms with Gasteiger partial charge in [0.15, 0.2) is 5.96 Å². The third-order valence-electron chi connectivity index (χ3n) is 4.60. The molecule has 2 N–H and O–H groups in total. The van der Waals surface area contributed by atoms with E-state index in [9.17, 15) is 0 Å². The van der Waals surface area contributed by atoms with Gasteiger partial charge in [-0.15, -0.1) is 24.0 Å². The predicted octanol–water partition coefficient (Wildman–Crippen LogP) is 2.39. The van der Waals surface area contributed by atoms with Crippen molar-refractivity contribution in [1.82, 2.24) is 20.4 Å². The van der Waals surface area contributed by atoms with Crippen LogP contribution >= 0.6 is 24.0 Å². The van der Waals surface area contributed by atoms with Crippen molar-refractivity contribution in [2.75, 3.05) is 66.6 Å². The van der Waals surface area contributed by atoms with Gasteiger partial charge in [0.1, 0.15) is 0 Å². The summed E-state index contributed by atoms with van der Waals surface area (Å²) in [4.78, 5) is 9.49. The molecule has 1 aliphatic heterocycles. The van der Waals surface area contributed by atoms with Crippen molar-refractivity contribution in [2.45, 2.75) is 52.0 Å². The molecule has 0 aromatic heterocycles. The molecule has 1 atom stereocenters. The normalized spacial score (nSPS) is 17.0. The van der Waals surface area contributed by atoms with Gasteiger partial charge < -0.3 is 20.3 Å². The lowest BCUT2D eigenvalue weighted by Gasteiger charge is -2.31. The number of guanidine groups is 1. The number of morpholine rings is 1. The minimum atomic E-state index is 0. The van der Waals surface area contributed by atoms with Crippen LogP contribution in [0, 0.1) is 0 Å². The Kier molecular flexibility index (Phi) is 16.9. The number of aliphatic imine (C=N–C) groups is 1. The van der Waals surface area contributed by atoms with Gasteiger partial charge in [-0.1, -0.05) is 19.3 Å². The quantitative estimate of drug-likeness (QED) is 0.193. The Labute approximate surface area is 178 Å². The number of hydrogen-bond acceptors (Lipinski definition) is 4. The second kappa shape index (κ2) is 17.0. The number of ether oxygens (including phenoxy) is 1. The summed E-state index contributed by atoms with van der Waals surface area (Å²) in [6.07, 6.45) is 6.49. The molecule has 1 saturated heterocycles. The molecule has 0 aliphatic carbocycles. The van der Waals surface area contributed by atoms with E-state index in [0.29, 0.717) is 6.04 Å². The monoisotopic (exact) mass is 483 g/mol. The zero-order chi connectivity index (χ0) is 18.3. The highest BCUT2D eigenvalue weighted by Gasteiger charge is 2.16. The van der Waals surface area contributed by atoms with Gasteiger partial charge in [-0.25, -0.2) is 0 Å². The smallest absolute Gasteiger partial charge is 0.191 e. The largest absolute Gasteiger partial charge is 0.379 e. The zero-order valence-electron chi connectivity index (χ0n) is 17.4. The first-order valence-corrected chi connectivity index (χ1v) is 10.1. The van der Waals surface area contributed by atoms with Crippen LogP contribution in [0.1, 0.15) is 46.0 Å². The molecule has 1 heterocycles. The zero-order valence-corrected chi connectivity index (χ0v) is 19.8. The Morgan fingerprint density at radius 3 is 2.38 bits per heavy atom. The van der Waals surface area contributed by atoms with Crippen LogP contribution in [-0.2, 0) is 4.74 Å². The summed E-state index contributed by atoms with van der Waals surface area (Å²) in [6.45, 7) is 12.1. The lowest BCUT2D eigenvalue weighted by Crippen LogP contribution is -2.44. The molecular formula is C19H42IN5O. The molecule has 1 rings (SSSR count). The van der Waals surface area contributed by atoms with Crippen molar-refractivity contribution < 1.29 is 4.74 Å². The first kappa shape index (κ1) is 25.9. The topological polar surface area (TPSA) is 52.1 Å². The Morgan fingerprint density at radius 1 is 1.08 bits per heavy atom. The summed E-state index contributed by atoms with van der Waals surface area (Å²) >= 11 is 0. The average molecular weight is 483 g/mol. The highest BCUT2D eigenvalue weighted by molar-refractivity contribution is 14.0. The fraction of sp³-hybridized carbons (Fsp3) is 0.947. The molecule has 0 radical (unpaired) electrons. The minimum absolute atomic E-state index is 0. The van der Waals surface area contributed by atoms with Gasteiger partial charge >= 0.3 is 0 Å². The highest BCUT2D eigenvalue weighted by atomic mass is 127. The summed E-state index contributed by atoms with van der Waals surface area (Å²) in [5, 5.41) is 6.83. The number of unbranched alkanes of at least 4 members (excludes halogenated alkanes) is 4. The molecule has 7 heteroatoms. The molecule has 0 bridgehead atoms. The van der Waals surface area contributed by atoms with Crippen LogP contribution in [-0.4, -0.2) is 88.4 Å². The van der Waals surface area contributed by atoms with Crippen molar-refractivity contribution in [1.29, 1.82) is 0 Å². The number of halogens is 1. The highest BCUT2D eigenvalue weighted by Crippen LogP contribution is 2.04. The van der Waals surface area contributed by atoms with Crippen molar-refractivity contribution >= 4 is 29.9 Å². The summed E-state index contributed by atoms with van der Waals surface area (Å²) in [6, 6.07) is 0.469. The molecule has 0 aromatic rings. The first-order chi connectivity index (χ1) is 12.1. The van der Waals surface area contributed by atoms with E-state index in [0.717, 1.165) is 51.9 Å². The van der Waals surface area contributed by atoms with Crippen molar-refractivity contribution in [3.8, 4) is 0 Å². The maximum atomic E-state index is 5.42. The van der Waals surface area contributed by atoms with Crippen LogP contribution < -0.4 is 10.6 Å². The van der Waals surface area contributed by atoms with Crippen LogP contribution in [0.2, 0.25) is 0 Å². The number of rotatable bonds is 12. The summed E-state index contributed by atoms with van der Waals surface area (Å²) in [7, 11) is 4.29. The lowest BCUT2D eigenvalue weighted by molar-refractivity contribution is 0.0220. The van der Waals surface area contributed by atoms with E-state index in [1.807, 2.05) is 0 Å². The van der Waals surface area contributed by atoms with E-state index < -0.39 is 0 Å². The lowest BCUT2D eigenvalue weighted by atomic mass is 10.1. The molecule has 156 valence electrons. The molecule has 0 saturated carbocycles. The number of nitrogens with one attached hydrogen (secondary N) is 2. The first-order valence-electron chi connectivity index (χ1n) is 10.1. The second-order valence-electron chi connectivity index (χ2n) is 7.21. The molecular weight excluding hydrogens is 441 g/mol. The SMILES string of the molecule is CCNC(=NCC(C)N1CCOCC1)NCCCCCCCN(C)C.I. The Morgan fingerprint density at radius 2 is 1.73 bits per heavy atom. The molecule has 0 spiro atoms. The van der Waals surface area contributed by atoms with Crippen LogP contribution in [0.4, 0.5) is 0 Å². The Balaban J connectivity index is 0.00000625. The molecule has 1 aliphatic rings. The standard InChI is InChI=1S/C19H41N5O.HI/c1-5-20-19(21-11-9-7-6-8-10-12-23(3)4)22-17-18(2)24-13-15-25-16-14-24;/h18H,5-17H2,1-4H3,(H2,20,21,22);1H. The molecule has 1 fully saturated rings. The van der Waals surface area contributed by atoms with Crippen molar-refractivity contribution in [3.05, 3.63) is 0 Å². The maximum Gasteiger partial charge on any atom is 0.191 e. The Bertz CT molecular complexity index is 349. The van der Waals surface area contributed by atoms with E-state index in [-0.39, 0.29) is 24.0 Å². The molecule has 0 aromatic carbocycles. The van der Waals surface area contributed by atoms with E-state index >= 15 is 0 Å². The molecule has 1 unspecified atom stereocenters. The van der Waals surface area contributed by atoms with E-state index in [2.05, 4.69) is 48.4 Å². The van der Waals surface area contributed by atoms with Crippen molar-refractivity contribution in [2.24, 2.45) is 4.99 Å². The van der Waals surface area contributed by atoms with Crippen molar-refractivity contribution in [3.63, 3.8) is 0 Å². The van der Waals surface area contributed by atoms with Crippen LogP contribution in [0.5, 0.6) is 0 Å². The third kappa shape index (κ3) is 13.1. The van der Waals surface area contributed by atoms with Gasteiger partial charge in [0.2, 0.25) is 0 Å². The summed E-state index contributed by atoms with van der Waals surface area (Å²) in [5.74, 6) is 0.954. The molecule has 26 heavy (non-hydrogen) atoms. The van der Waals surface area contributed by atoms with E-state index in [1.165, 1.54) is 38.6 Å². The van der Waals surface area contributed by atoms with E-state index in [1.54, 1.807) is 0 Å². The minimum Gasteiger partial charge on any atom is -0.379 e. The van der Waals surface area contributed by atoms with Gasteiger partial charge in [-0.05, 0) is 47.3 Å². The van der Waals surface area contributed by atoms with E-state index in [4.69, 9.17) is 9.73 Å². The summed E-state index contributed by atoms with van der Waals surface area (Å²) in [5.41, 5.74) is 0. The van der Waals surface area contributed by atoms with Gasteiger partial charge in [0, 0.05) is 32.2 Å². The number of hydrogen-bond donors (Lipinski definition) is 2. The maximum absolute atomic E-state index is 5.42. The number of nitrogens with zero attached hydrogens (tertiary/aromatic N) is 3. The summed E-state index contributed by atoms with van der Waals surface area (Å²) < 4.78 is 5.42. The van der Waals surface area contributed by atoms with Crippen LogP contribution in [0.25, 0.3) is 0 Å². The fourth-order valence-electron chi connectivity index (χ4n) is 2.99. The molecule has 0 amide bonds. The van der Waals surface area contributed by atoms with Gasteiger partial charge in [0.25, 0.3) is 0 Å². The van der Waals surface area contributed by atoms with Gasteiger partial charge in [0.05, 0.1) is 19.8 Å². The second-order valence-corrected chi connectivity index (χ2v) is 7.21. The van der Waals surface area contributed by atoms with Gasteiger partial charge in [-0.2, -0.15) is 0 Å². The van der Waals surface area contributed by atoms with Crippen LogP contribution in [0.15, 0.2) is 4.99 Å².